The molecule has 2 atom stereocenters. The maximum Gasteiger partial charge on any atom is 0.269 e. The van der Waals surface area contributed by atoms with E-state index in [1.54, 1.807) is 12.1 Å². The zero-order chi connectivity index (χ0) is 17.8. The highest BCUT2D eigenvalue weighted by Crippen LogP contribution is 2.23. The lowest BCUT2D eigenvalue weighted by Crippen LogP contribution is -2.42. The number of carbonyl (C=O) groups excluding carboxylic acids is 1. The second-order valence-corrected chi connectivity index (χ2v) is 6.38. The summed E-state index contributed by atoms with van der Waals surface area (Å²) in [5.74, 6) is 0.678. The molecule has 1 aliphatic carbocycles. The molecule has 1 N–H and O–H groups in total. The molecule has 3 rings (SSSR count). The molecule has 132 valence electrons. The number of carbonyl (C=O) groups is 1. The van der Waals surface area contributed by atoms with Crippen LogP contribution in [0.3, 0.4) is 0 Å². The number of hydrogen-bond acceptors (Lipinski definition) is 6. The number of benzene rings is 1. The van der Waals surface area contributed by atoms with Gasteiger partial charge in [-0.2, -0.15) is 4.80 Å². The van der Waals surface area contributed by atoms with E-state index in [1.807, 2.05) is 0 Å². The van der Waals surface area contributed by atoms with Gasteiger partial charge in [0.25, 0.3) is 5.69 Å². The molecule has 1 aliphatic rings. The van der Waals surface area contributed by atoms with Gasteiger partial charge in [-0.1, -0.05) is 19.8 Å². The molecule has 1 aromatic carbocycles. The zero-order valence-corrected chi connectivity index (χ0v) is 14.0. The second-order valence-electron chi connectivity index (χ2n) is 6.38. The van der Waals surface area contributed by atoms with Gasteiger partial charge >= 0.3 is 0 Å². The maximum absolute atomic E-state index is 12.2. The Bertz CT molecular complexity index is 757. The number of amides is 1. The standard InChI is InChI=1S/C16H20N6O3/c1-11-4-2-3-5-14(11)17-15(23)10-21-19-16(18-20-21)12-6-8-13(9-7-12)22(24)25/h6-9,11,14H,2-5,10H2,1H3,(H,17,23). The van der Waals surface area contributed by atoms with Crippen LogP contribution in [0, 0.1) is 16.0 Å². The van der Waals surface area contributed by atoms with E-state index in [4.69, 9.17) is 0 Å². The van der Waals surface area contributed by atoms with Crippen LogP contribution >= 0.6 is 0 Å². The molecule has 0 saturated heterocycles. The van der Waals surface area contributed by atoms with Crippen molar-refractivity contribution in [2.45, 2.75) is 45.2 Å². The highest BCUT2D eigenvalue weighted by atomic mass is 16.6. The average Bonchev–Trinajstić information content (AvgIpc) is 3.05. The summed E-state index contributed by atoms with van der Waals surface area (Å²) in [5.41, 5.74) is 0.607. The number of tetrazole rings is 1. The summed E-state index contributed by atoms with van der Waals surface area (Å²) < 4.78 is 0. The Morgan fingerprint density at radius 2 is 2.04 bits per heavy atom. The molecule has 1 saturated carbocycles. The van der Waals surface area contributed by atoms with Crippen molar-refractivity contribution in [1.29, 1.82) is 0 Å². The summed E-state index contributed by atoms with van der Waals surface area (Å²) in [6, 6.07) is 6.09. The van der Waals surface area contributed by atoms with Crippen LogP contribution in [-0.2, 0) is 11.3 Å². The molecule has 0 spiro atoms. The lowest BCUT2D eigenvalue weighted by atomic mass is 9.86. The SMILES string of the molecule is CC1CCCCC1NC(=O)Cn1nnc(-c2ccc([N+](=O)[O-])cc2)n1. The van der Waals surface area contributed by atoms with Gasteiger partial charge < -0.3 is 5.32 Å². The predicted octanol–water partition coefficient (Wildman–Crippen LogP) is 1.94. The second kappa shape index (κ2) is 7.37. The Morgan fingerprint density at radius 1 is 1.32 bits per heavy atom. The van der Waals surface area contributed by atoms with Gasteiger partial charge in [0.15, 0.2) is 0 Å². The smallest absolute Gasteiger partial charge is 0.269 e. The Balaban J connectivity index is 1.61. The number of nitro groups is 1. The monoisotopic (exact) mass is 344 g/mol. The van der Waals surface area contributed by atoms with Gasteiger partial charge in [0.05, 0.1) is 4.92 Å². The van der Waals surface area contributed by atoms with Crippen LogP contribution in [-0.4, -0.2) is 37.1 Å². The van der Waals surface area contributed by atoms with Crippen molar-refractivity contribution < 1.29 is 9.72 Å². The van der Waals surface area contributed by atoms with Crippen LogP contribution in [0.25, 0.3) is 11.4 Å². The molecule has 0 bridgehead atoms. The van der Waals surface area contributed by atoms with Gasteiger partial charge in [-0.15, -0.1) is 10.2 Å². The fraction of sp³-hybridized carbons (Fsp3) is 0.500. The Kier molecular flexibility index (Phi) is 5.01. The van der Waals surface area contributed by atoms with E-state index < -0.39 is 4.92 Å². The van der Waals surface area contributed by atoms with Crippen LogP contribution in [0.1, 0.15) is 32.6 Å². The first-order valence-corrected chi connectivity index (χ1v) is 8.35. The molecule has 25 heavy (non-hydrogen) atoms. The summed E-state index contributed by atoms with van der Waals surface area (Å²) in [4.78, 5) is 23.6. The summed E-state index contributed by atoms with van der Waals surface area (Å²) in [5, 5.41) is 25.7. The number of non-ortho nitro benzene ring substituents is 1. The summed E-state index contributed by atoms with van der Waals surface area (Å²) in [6.45, 7) is 2.16. The van der Waals surface area contributed by atoms with E-state index in [2.05, 4.69) is 27.7 Å². The Hall–Kier alpha value is -2.84. The summed E-state index contributed by atoms with van der Waals surface area (Å²) in [7, 11) is 0. The number of nitrogens with zero attached hydrogens (tertiary/aromatic N) is 5. The van der Waals surface area contributed by atoms with Gasteiger partial charge in [-0.3, -0.25) is 14.9 Å². The molecule has 1 fully saturated rings. The molecule has 0 radical (unpaired) electrons. The largest absolute Gasteiger partial charge is 0.351 e. The first-order chi connectivity index (χ1) is 12.0. The van der Waals surface area contributed by atoms with Crippen molar-refractivity contribution in [2.24, 2.45) is 5.92 Å². The lowest BCUT2D eigenvalue weighted by Gasteiger charge is -2.29. The molecule has 1 heterocycles. The Morgan fingerprint density at radius 3 is 2.72 bits per heavy atom. The van der Waals surface area contributed by atoms with Gasteiger partial charge in [-0.05, 0) is 36.1 Å². The highest BCUT2D eigenvalue weighted by molar-refractivity contribution is 5.75. The number of hydrogen-bond donors (Lipinski definition) is 1. The molecule has 9 heteroatoms. The fourth-order valence-corrected chi connectivity index (χ4v) is 3.07. The van der Waals surface area contributed by atoms with Crippen molar-refractivity contribution in [3.63, 3.8) is 0 Å². The normalized spacial score (nSPS) is 20.2. The van der Waals surface area contributed by atoms with Crippen LogP contribution in [0.5, 0.6) is 0 Å². The number of aromatic nitrogens is 4. The van der Waals surface area contributed by atoms with Gasteiger partial charge in [0, 0.05) is 23.7 Å². The minimum atomic E-state index is -0.468. The molecule has 1 aromatic heterocycles. The van der Waals surface area contributed by atoms with Gasteiger partial charge in [0.2, 0.25) is 11.7 Å². The molecule has 9 nitrogen and oxygen atoms in total. The fourth-order valence-electron chi connectivity index (χ4n) is 3.07. The third-order valence-electron chi connectivity index (χ3n) is 4.53. The van der Waals surface area contributed by atoms with Crippen LogP contribution < -0.4 is 5.32 Å². The van der Waals surface area contributed by atoms with E-state index in [9.17, 15) is 14.9 Å². The number of nitrogens with one attached hydrogen (secondary N) is 1. The summed E-state index contributed by atoms with van der Waals surface area (Å²) >= 11 is 0. The van der Waals surface area contributed by atoms with Gasteiger partial charge in [-0.25, -0.2) is 0 Å². The molecule has 2 unspecified atom stereocenters. The summed E-state index contributed by atoms with van der Waals surface area (Å²) in [6.07, 6.45) is 4.50. The highest BCUT2D eigenvalue weighted by Gasteiger charge is 2.23. The van der Waals surface area contributed by atoms with Crippen LogP contribution in [0.15, 0.2) is 24.3 Å². The van der Waals surface area contributed by atoms with E-state index in [1.165, 1.54) is 23.4 Å². The van der Waals surface area contributed by atoms with E-state index in [0.29, 0.717) is 17.3 Å². The van der Waals surface area contributed by atoms with Gasteiger partial charge in [0.1, 0.15) is 6.54 Å². The minimum absolute atomic E-state index is 0.00267. The van der Waals surface area contributed by atoms with Crippen molar-refractivity contribution in [1.82, 2.24) is 25.5 Å². The number of rotatable bonds is 5. The quantitative estimate of drug-likeness (QED) is 0.654. The van der Waals surface area contributed by atoms with Crippen LogP contribution in [0.2, 0.25) is 0 Å². The average molecular weight is 344 g/mol. The first-order valence-electron chi connectivity index (χ1n) is 8.35. The van der Waals surface area contributed by atoms with E-state index in [0.717, 1.165) is 19.3 Å². The van der Waals surface area contributed by atoms with E-state index in [-0.39, 0.29) is 24.2 Å². The molecule has 2 aromatic rings. The third-order valence-corrected chi connectivity index (χ3v) is 4.53. The topological polar surface area (TPSA) is 116 Å². The predicted molar refractivity (Wildman–Crippen MR) is 89.5 cm³/mol. The molecular weight excluding hydrogens is 324 g/mol. The van der Waals surface area contributed by atoms with E-state index >= 15 is 0 Å². The number of nitro benzene ring substituents is 1. The maximum atomic E-state index is 12.2. The molecule has 0 aliphatic heterocycles. The lowest BCUT2D eigenvalue weighted by molar-refractivity contribution is -0.384. The van der Waals surface area contributed by atoms with Crippen LogP contribution in [0.4, 0.5) is 5.69 Å². The Labute approximate surface area is 144 Å². The zero-order valence-electron chi connectivity index (χ0n) is 14.0. The van der Waals surface area contributed by atoms with Crippen molar-refractivity contribution >= 4 is 11.6 Å². The van der Waals surface area contributed by atoms with Crippen molar-refractivity contribution in [3.8, 4) is 11.4 Å². The third kappa shape index (κ3) is 4.17. The minimum Gasteiger partial charge on any atom is -0.351 e. The molecule has 1 amide bonds. The molecular formula is C16H20N6O3. The van der Waals surface area contributed by atoms with Crippen molar-refractivity contribution in [3.05, 3.63) is 34.4 Å². The van der Waals surface area contributed by atoms with Crippen molar-refractivity contribution in [2.75, 3.05) is 0 Å². The first kappa shape index (κ1) is 17.0.